The van der Waals surface area contributed by atoms with Crippen molar-refractivity contribution in [3.05, 3.63) is 58.9 Å². The van der Waals surface area contributed by atoms with E-state index in [1.54, 1.807) is 0 Å². The highest BCUT2D eigenvalue weighted by Crippen LogP contribution is 2.19. The van der Waals surface area contributed by atoms with E-state index in [9.17, 15) is 14.0 Å². The Kier molecular flexibility index (Phi) is 6.84. The molecule has 1 fully saturated rings. The Morgan fingerprint density at radius 3 is 2.46 bits per heavy atom. The lowest BCUT2D eigenvalue weighted by molar-refractivity contribution is -0.136. The van der Waals surface area contributed by atoms with Crippen LogP contribution in [0.25, 0.3) is 0 Å². The summed E-state index contributed by atoms with van der Waals surface area (Å²) in [5.74, 6) is -2.18. The number of carbonyl (C=O) groups excluding carboxylic acids is 2. The zero-order valence-corrected chi connectivity index (χ0v) is 16.0. The first-order valence-electron chi connectivity index (χ1n) is 8.99. The monoisotopic (exact) mass is 405 g/mol. The normalized spacial score (nSPS) is 13.9. The molecule has 0 atom stereocenters. The molecule has 0 aliphatic carbocycles. The Labute approximate surface area is 167 Å². The quantitative estimate of drug-likeness (QED) is 0.750. The molecule has 1 aliphatic rings. The highest BCUT2D eigenvalue weighted by molar-refractivity contribution is 6.39. The molecule has 0 aromatic heterocycles. The molecule has 0 radical (unpaired) electrons. The summed E-state index contributed by atoms with van der Waals surface area (Å²) in [7, 11) is 0. The number of nitrogens with one attached hydrogen (secondary N) is 2. The van der Waals surface area contributed by atoms with Crippen molar-refractivity contribution in [3.8, 4) is 0 Å². The average Bonchev–Trinajstić information content (AvgIpc) is 2.72. The van der Waals surface area contributed by atoms with Crippen molar-refractivity contribution >= 4 is 34.8 Å². The minimum absolute atomic E-state index is 0.126. The lowest BCUT2D eigenvalue weighted by atomic mass is 10.1. The van der Waals surface area contributed by atoms with E-state index >= 15 is 0 Å². The van der Waals surface area contributed by atoms with Crippen molar-refractivity contribution in [2.75, 3.05) is 43.1 Å². The van der Waals surface area contributed by atoms with Crippen LogP contribution in [0.15, 0.2) is 42.5 Å². The number of ether oxygens (including phenoxy) is 1. The van der Waals surface area contributed by atoms with Crippen LogP contribution in [0.2, 0.25) is 5.02 Å². The summed E-state index contributed by atoms with van der Waals surface area (Å²) in [6.45, 7) is 3.56. The molecule has 2 aromatic rings. The predicted molar refractivity (Wildman–Crippen MR) is 106 cm³/mol. The predicted octanol–water partition coefficient (Wildman–Crippen LogP) is 2.61. The van der Waals surface area contributed by atoms with Gasteiger partial charge in [-0.1, -0.05) is 23.7 Å². The Hall–Kier alpha value is -2.64. The number of rotatable bonds is 5. The molecule has 28 heavy (non-hydrogen) atoms. The SMILES string of the molecule is O=C(NCCc1ccc(N2CCOCC2)cc1)C(=O)Nc1ccc(F)c(Cl)c1. The molecular formula is C20H21ClFN3O3. The molecule has 1 aliphatic heterocycles. The van der Waals surface area contributed by atoms with Gasteiger partial charge in [0.05, 0.1) is 18.2 Å². The number of anilines is 2. The van der Waals surface area contributed by atoms with E-state index in [1.807, 2.05) is 24.3 Å². The Morgan fingerprint density at radius 1 is 1.07 bits per heavy atom. The minimum atomic E-state index is -0.828. The smallest absolute Gasteiger partial charge is 0.313 e. The van der Waals surface area contributed by atoms with E-state index < -0.39 is 17.6 Å². The maximum atomic E-state index is 13.1. The van der Waals surface area contributed by atoms with E-state index in [0.717, 1.165) is 43.6 Å². The highest BCUT2D eigenvalue weighted by atomic mass is 35.5. The molecule has 1 saturated heterocycles. The number of halogens is 2. The topological polar surface area (TPSA) is 70.7 Å². The third-order valence-electron chi connectivity index (χ3n) is 4.40. The first-order valence-corrected chi connectivity index (χ1v) is 9.36. The molecule has 6 nitrogen and oxygen atoms in total. The largest absolute Gasteiger partial charge is 0.378 e. The van der Waals surface area contributed by atoms with Crippen molar-refractivity contribution < 1.29 is 18.7 Å². The molecule has 1 heterocycles. The lowest BCUT2D eigenvalue weighted by Crippen LogP contribution is -2.36. The summed E-state index contributed by atoms with van der Waals surface area (Å²) in [5.41, 5.74) is 2.46. The first kappa shape index (κ1) is 20.1. The Morgan fingerprint density at radius 2 is 1.79 bits per heavy atom. The van der Waals surface area contributed by atoms with Crippen LogP contribution in [0.1, 0.15) is 5.56 Å². The van der Waals surface area contributed by atoms with Crippen molar-refractivity contribution in [3.63, 3.8) is 0 Å². The van der Waals surface area contributed by atoms with E-state index in [-0.39, 0.29) is 10.7 Å². The molecule has 0 unspecified atom stereocenters. The molecule has 148 valence electrons. The zero-order valence-electron chi connectivity index (χ0n) is 15.2. The maximum Gasteiger partial charge on any atom is 0.313 e. The molecule has 2 N–H and O–H groups in total. The molecule has 2 amide bonds. The number of hydrogen-bond acceptors (Lipinski definition) is 4. The second-order valence-corrected chi connectivity index (χ2v) is 6.76. The number of hydrogen-bond donors (Lipinski definition) is 2. The van der Waals surface area contributed by atoms with E-state index in [0.29, 0.717) is 13.0 Å². The third-order valence-corrected chi connectivity index (χ3v) is 4.69. The van der Waals surface area contributed by atoms with E-state index in [4.69, 9.17) is 16.3 Å². The third kappa shape index (κ3) is 5.43. The summed E-state index contributed by atoms with van der Waals surface area (Å²) in [5, 5.41) is 4.83. The second-order valence-electron chi connectivity index (χ2n) is 6.35. The molecule has 0 spiro atoms. The van der Waals surface area contributed by atoms with E-state index in [1.165, 1.54) is 12.1 Å². The summed E-state index contributed by atoms with van der Waals surface area (Å²) >= 11 is 5.65. The van der Waals surface area contributed by atoms with Crippen molar-refractivity contribution in [2.45, 2.75) is 6.42 Å². The van der Waals surface area contributed by atoms with Gasteiger partial charge in [-0.3, -0.25) is 9.59 Å². The summed E-state index contributed by atoms with van der Waals surface area (Å²) in [6.07, 6.45) is 0.602. The molecular weight excluding hydrogens is 385 g/mol. The van der Waals surface area contributed by atoms with Crippen molar-refractivity contribution in [2.24, 2.45) is 0 Å². The van der Waals surface area contributed by atoms with Crippen LogP contribution >= 0.6 is 11.6 Å². The van der Waals surface area contributed by atoms with E-state index in [2.05, 4.69) is 15.5 Å². The van der Waals surface area contributed by atoms with Crippen LogP contribution < -0.4 is 15.5 Å². The number of morpholine rings is 1. The van der Waals surface area contributed by atoms with Gasteiger partial charge in [0.25, 0.3) is 0 Å². The van der Waals surface area contributed by atoms with Gasteiger partial charge in [0.2, 0.25) is 0 Å². The average molecular weight is 406 g/mol. The molecule has 3 rings (SSSR count). The maximum absolute atomic E-state index is 13.1. The van der Waals surface area contributed by atoms with Crippen molar-refractivity contribution in [1.82, 2.24) is 5.32 Å². The van der Waals surface area contributed by atoms with Gasteiger partial charge in [-0.25, -0.2) is 4.39 Å². The Balaban J connectivity index is 1.44. The number of nitrogens with zero attached hydrogens (tertiary/aromatic N) is 1. The van der Waals surface area contributed by atoms with Crippen LogP contribution in [-0.2, 0) is 20.7 Å². The zero-order chi connectivity index (χ0) is 19.9. The number of carbonyl (C=O) groups is 2. The number of benzene rings is 2. The van der Waals surface area contributed by atoms with Crippen LogP contribution in [-0.4, -0.2) is 44.7 Å². The first-order chi connectivity index (χ1) is 13.5. The van der Waals surface area contributed by atoms with Gasteiger partial charge >= 0.3 is 11.8 Å². The van der Waals surface area contributed by atoms with Crippen LogP contribution in [0, 0.1) is 5.82 Å². The number of amides is 2. The van der Waals surface area contributed by atoms with Gasteiger partial charge in [0.15, 0.2) is 0 Å². The molecule has 0 saturated carbocycles. The van der Waals surface area contributed by atoms with Crippen LogP contribution in [0.4, 0.5) is 15.8 Å². The van der Waals surface area contributed by atoms with Gasteiger partial charge in [-0.05, 0) is 42.3 Å². The summed E-state index contributed by atoms with van der Waals surface area (Å²) < 4.78 is 18.5. The van der Waals surface area contributed by atoms with Crippen molar-refractivity contribution in [1.29, 1.82) is 0 Å². The summed E-state index contributed by atoms with van der Waals surface area (Å²) in [4.78, 5) is 26.1. The highest BCUT2D eigenvalue weighted by Gasteiger charge is 2.14. The summed E-state index contributed by atoms with van der Waals surface area (Å²) in [6, 6.07) is 11.8. The van der Waals surface area contributed by atoms with Gasteiger partial charge in [0.1, 0.15) is 5.82 Å². The molecule has 0 bridgehead atoms. The minimum Gasteiger partial charge on any atom is -0.378 e. The molecule has 2 aromatic carbocycles. The van der Waals surface area contributed by atoms with Gasteiger partial charge in [0, 0.05) is 31.0 Å². The Bertz CT molecular complexity index is 839. The van der Waals surface area contributed by atoms with Gasteiger partial charge in [-0.2, -0.15) is 0 Å². The second kappa shape index (κ2) is 9.52. The standard InChI is InChI=1S/C20H21ClFN3O3/c21-17-13-15(3-6-18(17)22)24-20(27)19(26)23-8-7-14-1-4-16(5-2-14)25-9-11-28-12-10-25/h1-6,13H,7-12H2,(H,23,26)(H,24,27). The fraction of sp³-hybridized carbons (Fsp3) is 0.300. The fourth-order valence-electron chi connectivity index (χ4n) is 2.86. The lowest BCUT2D eigenvalue weighted by Gasteiger charge is -2.28. The fourth-order valence-corrected chi connectivity index (χ4v) is 3.04. The molecule has 8 heteroatoms. The van der Waals surface area contributed by atoms with Gasteiger partial charge in [-0.15, -0.1) is 0 Å². The van der Waals surface area contributed by atoms with Crippen LogP contribution in [0.5, 0.6) is 0 Å². The van der Waals surface area contributed by atoms with Gasteiger partial charge < -0.3 is 20.3 Å². The van der Waals surface area contributed by atoms with Crippen LogP contribution in [0.3, 0.4) is 0 Å².